The Hall–Kier alpha value is -0.0151. The van der Waals surface area contributed by atoms with E-state index in [1.165, 1.54) is 0 Å². The van der Waals surface area contributed by atoms with Crippen LogP contribution in [0.1, 0.15) is 6.92 Å². The molecule has 3 heteroatoms. The van der Waals surface area contributed by atoms with Gasteiger partial charge in [-0.3, -0.25) is 5.39 Å². The average molecular weight is 72.9 g/mol. The molecule has 0 saturated carbocycles. The summed E-state index contributed by atoms with van der Waals surface area (Å²) in [5, 5.41) is 2.52. The molecule has 0 atom stereocenters. The second kappa shape index (κ2) is 3.98. The van der Waals surface area contributed by atoms with E-state index in [9.17, 15) is 0 Å². The van der Waals surface area contributed by atoms with Crippen LogP contribution in [0.15, 0.2) is 0 Å². The van der Waals surface area contributed by atoms with Crippen LogP contribution in [0, 0.1) is 0 Å². The van der Waals surface area contributed by atoms with Gasteiger partial charge in [0.15, 0.2) is 0 Å². The lowest BCUT2D eigenvalue weighted by Gasteiger charge is -1.89. The first-order valence-electron chi connectivity index (χ1n) is 1.70. The maximum absolute atomic E-state index is 4.58. The van der Waals surface area contributed by atoms with Crippen molar-refractivity contribution < 1.29 is 4.84 Å². The van der Waals surface area contributed by atoms with E-state index in [2.05, 4.69) is 10.2 Å². The Morgan fingerprint density at radius 2 is 2.60 bits per heavy atom. The van der Waals surface area contributed by atoms with Crippen LogP contribution in [-0.4, -0.2) is 14.6 Å². The van der Waals surface area contributed by atoms with Gasteiger partial charge in [0.25, 0.3) is 0 Å². The monoisotopic (exact) mass is 73.1 g/mol. The van der Waals surface area contributed by atoms with Crippen LogP contribution < -0.4 is 5.39 Å². The van der Waals surface area contributed by atoms with Crippen LogP contribution >= 0.6 is 0 Å². The molecule has 0 heterocycles. The highest BCUT2D eigenvalue weighted by Gasteiger charge is 1.62. The standard InChI is InChI=1S/C2H8BNO/c1-2-5-4-3/h4H,2-3H2,1H3. The molecule has 0 aromatic heterocycles. The minimum atomic E-state index is 0.733. The summed E-state index contributed by atoms with van der Waals surface area (Å²) < 4.78 is 0. The van der Waals surface area contributed by atoms with Gasteiger partial charge >= 0.3 is 0 Å². The molecule has 30 valence electrons. The summed E-state index contributed by atoms with van der Waals surface area (Å²) in [4.78, 5) is 4.58. The van der Waals surface area contributed by atoms with Gasteiger partial charge in [0.1, 0.15) is 0 Å². The summed E-state index contributed by atoms with van der Waals surface area (Å²) in [7, 11) is 1.74. The molecule has 0 amide bonds. The molecule has 0 radical (unpaired) electrons. The van der Waals surface area contributed by atoms with E-state index in [-0.39, 0.29) is 0 Å². The molecular formula is C2H8BNO. The predicted octanol–water partition coefficient (Wildman–Crippen LogP) is -0.924. The lowest BCUT2D eigenvalue weighted by Crippen LogP contribution is -2.07. The quantitative estimate of drug-likeness (QED) is 0.337. The van der Waals surface area contributed by atoms with Crippen molar-refractivity contribution in [2.45, 2.75) is 6.92 Å². The second-order valence-corrected chi connectivity index (χ2v) is 0.637. The first-order chi connectivity index (χ1) is 2.41. The summed E-state index contributed by atoms with van der Waals surface area (Å²) in [6, 6.07) is 0. The normalized spacial score (nSPS) is 8.20. The van der Waals surface area contributed by atoms with Gasteiger partial charge in [0.2, 0.25) is 7.98 Å². The van der Waals surface area contributed by atoms with Crippen LogP contribution in [0.3, 0.4) is 0 Å². The van der Waals surface area contributed by atoms with E-state index < -0.39 is 0 Å². The van der Waals surface area contributed by atoms with Crippen LogP contribution in [0.5, 0.6) is 0 Å². The van der Waals surface area contributed by atoms with Gasteiger partial charge in [-0.1, -0.05) is 0 Å². The number of hydrogen-bond donors (Lipinski definition) is 1. The maximum Gasteiger partial charge on any atom is 0.216 e. The zero-order valence-electron chi connectivity index (χ0n) is 3.62. The smallest absolute Gasteiger partial charge is 0.216 e. The third-order valence-corrected chi connectivity index (χ3v) is 0.289. The summed E-state index contributed by atoms with van der Waals surface area (Å²) in [6.07, 6.45) is 0. The fraction of sp³-hybridized carbons (Fsp3) is 1.00. The molecule has 0 aliphatic carbocycles. The molecule has 0 rings (SSSR count). The minimum absolute atomic E-state index is 0.733. The Morgan fingerprint density at radius 1 is 2.00 bits per heavy atom. The summed E-state index contributed by atoms with van der Waals surface area (Å²) in [5.41, 5.74) is 0. The first-order valence-corrected chi connectivity index (χ1v) is 1.70. The maximum atomic E-state index is 4.58. The van der Waals surface area contributed by atoms with Gasteiger partial charge in [-0.05, 0) is 6.92 Å². The predicted molar refractivity (Wildman–Crippen MR) is 23.3 cm³/mol. The molecule has 0 fully saturated rings. The largest absolute Gasteiger partial charge is 0.314 e. The summed E-state index contributed by atoms with van der Waals surface area (Å²) in [5.74, 6) is 0. The van der Waals surface area contributed by atoms with Gasteiger partial charge < -0.3 is 4.84 Å². The van der Waals surface area contributed by atoms with Crippen LogP contribution in [0.25, 0.3) is 0 Å². The third-order valence-electron chi connectivity index (χ3n) is 0.289. The first kappa shape index (κ1) is 4.98. The third kappa shape index (κ3) is 3.98. The van der Waals surface area contributed by atoms with E-state index in [1.807, 2.05) is 6.92 Å². The van der Waals surface area contributed by atoms with Gasteiger partial charge in [-0.15, -0.1) is 0 Å². The molecule has 0 saturated heterocycles. The van der Waals surface area contributed by atoms with Crippen molar-refractivity contribution >= 4 is 7.98 Å². The highest BCUT2D eigenvalue weighted by atomic mass is 16.6. The van der Waals surface area contributed by atoms with E-state index in [0.29, 0.717) is 0 Å². The average Bonchev–Trinajstić information content (AvgIpc) is 1.41. The fourth-order valence-corrected chi connectivity index (χ4v) is 0.144. The van der Waals surface area contributed by atoms with E-state index in [4.69, 9.17) is 0 Å². The Bertz CT molecular complexity index is 17.1. The zero-order chi connectivity index (χ0) is 4.12. The van der Waals surface area contributed by atoms with E-state index in [0.717, 1.165) is 6.61 Å². The van der Waals surface area contributed by atoms with Crippen molar-refractivity contribution in [3.05, 3.63) is 0 Å². The molecular weight excluding hydrogens is 64.8 g/mol. The number of hydrogen-bond acceptors (Lipinski definition) is 2. The molecule has 0 aliphatic heterocycles. The fourth-order valence-electron chi connectivity index (χ4n) is 0.144. The lowest BCUT2D eigenvalue weighted by molar-refractivity contribution is 0.107. The Kier molecular flexibility index (Phi) is 3.97. The summed E-state index contributed by atoms with van der Waals surface area (Å²) in [6.45, 7) is 2.66. The van der Waals surface area contributed by atoms with Gasteiger partial charge in [-0.2, -0.15) is 0 Å². The van der Waals surface area contributed by atoms with Crippen LogP contribution in [0.2, 0.25) is 0 Å². The number of rotatable bonds is 2. The second-order valence-electron chi connectivity index (χ2n) is 0.637. The molecule has 0 spiro atoms. The molecule has 5 heavy (non-hydrogen) atoms. The SMILES string of the molecule is BNOCC. The van der Waals surface area contributed by atoms with E-state index in [1.54, 1.807) is 7.98 Å². The number of nitrogens with one attached hydrogen (secondary N) is 1. The zero-order valence-corrected chi connectivity index (χ0v) is 3.62. The molecule has 0 aromatic carbocycles. The Morgan fingerprint density at radius 3 is 2.60 bits per heavy atom. The topological polar surface area (TPSA) is 21.3 Å². The van der Waals surface area contributed by atoms with Gasteiger partial charge in [0, 0.05) is 0 Å². The van der Waals surface area contributed by atoms with Gasteiger partial charge in [-0.25, -0.2) is 0 Å². The van der Waals surface area contributed by atoms with Crippen LogP contribution in [-0.2, 0) is 4.84 Å². The van der Waals surface area contributed by atoms with Crippen molar-refractivity contribution in [1.82, 2.24) is 5.39 Å². The van der Waals surface area contributed by atoms with Crippen molar-refractivity contribution in [2.75, 3.05) is 6.61 Å². The molecule has 0 aromatic rings. The summed E-state index contributed by atoms with van der Waals surface area (Å²) >= 11 is 0. The molecule has 1 N–H and O–H groups in total. The van der Waals surface area contributed by atoms with Crippen molar-refractivity contribution in [1.29, 1.82) is 0 Å². The molecule has 0 aliphatic rings. The Labute approximate surface area is 32.9 Å². The lowest BCUT2D eigenvalue weighted by atomic mass is 10.5. The minimum Gasteiger partial charge on any atom is -0.314 e. The van der Waals surface area contributed by atoms with Crippen molar-refractivity contribution in [3.8, 4) is 0 Å². The van der Waals surface area contributed by atoms with Gasteiger partial charge in [0.05, 0.1) is 6.61 Å². The molecule has 2 nitrogen and oxygen atoms in total. The van der Waals surface area contributed by atoms with E-state index >= 15 is 0 Å². The van der Waals surface area contributed by atoms with Crippen molar-refractivity contribution in [2.24, 2.45) is 0 Å². The Balaban J connectivity index is 2.19. The highest BCUT2D eigenvalue weighted by molar-refractivity contribution is 6.03. The molecule has 0 unspecified atom stereocenters. The molecule has 0 bridgehead atoms. The van der Waals surface area contributed by atoms with Crippen molar-refractivity contribution in [3.63, 3.8) is 0 Å². The van der Waals surface area contributed by atoms with Crippen LogP contribution in [0.4, 0.5) is 0 Å². The highest BCUT2D eigenvalue weighted by Crippen LogP contribution is 1.52.